The molecular weight excluding hydrogens is 395 g/mol. The van der Waals surface area contributed by atoms with Crippen LogP contribution < -0.4 is 10.6 Å². The standard InChI is InChI=1S/C20H22F3N3O2.C2H6/c1-11-4-7-16(15(22)8-11)25-18-13(5-6-14(21)17(18)23)19(27)26-9-20(28,10-26)12(2)24-3;1-2/h4-8,12,24-25,28H,9-10H2,1-3H3;1-2H3. The fourth-order valence-electron chi connectivity index (χ4n) is 3.18. The molecule has 0 saturated carbocycles. The van der Waals surface area contributed by atoms with E-state index < -0.39 is 34.6 Å². The van der Waals surface area contributed by atoms with Crippen molar-refractivity contribution >= 4 is 17.3 Å². The number of benzene rings is 2. The first-order valence-corrected chi connectivity index (χ1v) is 9.86. The van der Waals surface area contributed by atoms with E-state index in [2.05, 4.69) is 10.6 Å². The molecule has 1 heterocycles. The van der Waals surface area contributed by atoms with E-state index in [1.165, 1.54) is 17.0 Å². The molecule has 3 N–H and O–H groups in total. The van der Waals surface area contributed by atoms with Crippen LogP contribution in [0.3, 0.4) is 0 Å². The minimum atomic E-state index is -1.27. The van der Waals surface area contributed by atoms with Crippen LogP contribution in [0.25, 0.3) is 0 Å². The van der Waals surface area contributed by atoms with Crippen molar-refractivity contribution in [3.05, 3.63) is 58.9 Å². The van der Waals surface area contributed by atoms with E-state index in [1.807, 2.05) is 13.8 Å². The number of nitrogens with one attached hydrogen (secondary N) is 2. The lowest BCUT2D eigenvalue weighted by molar-refractivity contribution is -0.0990. The van der Waals surface area contributed by atoms with Crippen molar-refractivity contribution in [2.24, 2.45) is 0 Å². The maximum atomic E-state index is 14.4. The normalized spacial score (nSPS) is 15.6. The Kier molecular flexibility index (Phi) is 7.49. The first-order chi connectivity index (χ1) is 14.2. The SMILES string of the molecule is CC.CNC(C)C1(O)CN(C(=O)c2ccc(F)c(F)c2Nc2ccc(C)cc2F)C1. The van der Waals surface area contributed by atoms with E-state index in [0.717, 1.165) is 12.1 Å². The van der Waals surface area contributed by atoms with Crippen LogP contribution >= 0.6 is 0 Å². The number of hydrogen-bond donors (Lipinski definition) is 3. The Hall–Kier alpha value is -2.58. The molecule has 0 aromatic heterocycles. The average molecular weight is 423 g/mol. The molecule has 1 saturated heterocycles. The van der Waals surface area contributed by atoms with Crippen molar-refractivity contribution in [2.45, 2.75) is 39.3 Å². The third-order valence-electron chi connectivity index (χ3n) is 5.17. The van der Waals surface area contributed by atoms with Crippen LogP contribution in [0, 0.1) is 24.4 Å². The van der Waals surface area contributed by atoms with Gasteiger partial charge in [0.15, 0.2) is 11.6 Å². The first-order valence-electron chi connectivity index (χ1n) is 9.86. The number of aryl methyl sites for hydroxylation is 1. The molecule has 0 radical (unpaired) electrons. The summed E-state index contributed by atoms with van der Waals surface area (Å²) in [4.78, 5) is 14.1. The van der Waals surface area contributed by atoms with Crippen molar-refractivity contribution in [1.82, 2.24) is 10.2 Å². The number of carbonyl (C=O) groups is 1. The van der Waals surface area contributed by atoms with E-state index in [1.54, 1.807) is 27.0 Å². The highest BCUT2D eigenvalue weighted by atomic mass is 19.2. The molecule has 8 heteroatoms. The van der Waals surface area contributed by atoms with Gasteiger partial charge in [0.2, 0.25) is 0 Å². The predicted octanol–water partition coefficient (Wildman–Crippen LogP) is 3.98. The third-order valence-corrected chi connectivity index (χ3v) is 5.17. The molecule has 30 heavy (non-hydrogen) atoms. The number of halogens is 3. The molecular formula is C22H28F3N3O2. The Balaban J connectivity index is 0.00000155. The average Bonchev–Trinajstić information content (AvgIpc) is 2.71. The molecule has 0 aliphatic carbocycles. The second-order valence-electron chi connectivity index (χ2n) is 7.17. The van der Waals surface area contributed by atoms with E-state index in [-0.39, 0.29) is 30.4 Å². The molecule has 1 atom stereocenters. The molecule has 1 unspecified atom stereocenters. The quantitative estimate of drug-likeness (QED) is 0.681. The number of amides is 1. The van der Waals surface area contributed by atoms with E-state index in [0.29, 0.717) is 5.56 Å². The van der Waals surface area contributed by atoms with Gasteiger partial charge in [-0.25, -0.2) is 13.2 Å². The van der Waals surface area contributed by atoms with E-state index in [4.69, 9.17) is 0 Å². The van der Waals surface area contributed by atoms with Gasteiger partial charge in [0.05, 0.1) is 30.0 Å². The zero-order valence-corrected chi connectivity index (χ0v) is 17.8. The molecule has 1 fully saturated rings. The zero-order valence-electron chi connectivity index (χ0n) is 17.8. The van der Waals surface area contributed by atoms with Gasteiger partial charge in [-0.3, -0.25) is 4.79 Å². The van der Waals surface area contributed by atoms with Crippen LogP contribution in [0.15, 0.2) is 30.3 Å². The lowest BCUT2D eigenvalue weighted by Crippen LogP contribution is -2.70. The monoisotopic (exact) mass is 423 g/mol. The zero-order chi connectivity index (χ0) is 22.6. The summed E-state index contributed by atoms with van der Waals surface area (Å²) in [7, 11) is 1.70. The van der Waals surface area contributed by atoms with Crippen molar-refractivity contribution in [2.75, 3.05) is 25.5 Å². The molecule has 0 bridgehead atoms. The number of anilines is 2. The van der Waals surface area contributed by atoms with Crippen LogP contribution in [0.5, 0.6) is 0 Å². The van der Waals surface area contributed by atoms with Crippen molar-refractivity contribution < 1.29 is 23.1 Å². The minimum Gasteiger partial charge on any atom is -0.385 e. The minimum absolute atomic E-state index is 0.0468. The second kappa shape index (κ2) is 9.49. The van der Waals surface area contributed by atoms with Crippen LogP contribution in [-0.2, 0) is 0 Å². The van der Waals surface area contributed by atoms with Gasteiger partial charge in [0.25, 0.3) is 5.91 Å². The number of hydrogen-bond acceptors (Lipinski definition) is 4. The van der Waals surface area contributed by atoms with Gasteiger partial charge >= 0.3 is 0 Å². The molecule has 164 valence electrons. The van der Waals surface area contributed by atoms with E-state index >= 15 is 0 Å². The van der Waals surface area contributed by atoms with Gasteiger partial charge in [-0.05, 0) is 50.7 Å². The van der Waals surface area contributed by atoms with Crippen molar-refractivity contribution in [3.63, 3.8) is 0 Å². The summed E-state index contributed by atoms with van der Waals surface area (Å²) in [5, 5.41) is 15.9. The Labute approximate surface area is 174 Å². The molecule has 1 aliphatic heterocycles. The van der Waals surface area contributed by atoms with E-state index in [9.17, 15) is 23.1 Å². The molecule has 3 rings (SSSR count). The summed E-state index contributed by atoms with van der Waals surface area (Å²) < 4.78 is 42.4. The maximum absolute atomic E-state index is 14.4. The molecule has 1 aliphatic rings. The van der Waals surface area contributed by atoms with Crippen LogP contribution in [0.4, 0.5) is 24.5 Å². The van der Waals surface area contributed by atoms with Crippen molar-refractivity contribution in [1.29, 1.82) is 0 Å². The Morgan fingerprint density at radius 3 is 2.33 bits per heavy atom. The lowest BCUT2D eigenvalue weighted by atomic mass is 9.86. The van der Waals surface area contributed by atoms with Crippen LogP contribution in [0.1, 0.15) is 36.7 Å². The summed E-state index contributed by atoms with van der Waals surface area (Å²) in [6.07, 6.45) is 0. The summed E-state index contributed by atoms with van der Waals surface area (Å²) in [5.41, 5.74) is -1.09. The number of carbonyl (C=O) groups excluding carboxylic acids is 1. The lowest BCUT2D eigenvalue weighted by Gasteiger charge is -2.49. The summed E-state index contributed by atoms with van der Waals surface area (Å²) in [6.45, 7) is 7.57. The van der Waals surface area contributed by atoms with Crippen molar-refractivity contribution in [3.8, 4) is 0 Å². The van der Waals surface area contributed by atoms with Gasteiger partial charge in [-0.15, -0.1) is 0 Å². The third kappa shape index (κ3) is 4.60. The number of rotatable bonds is 5. The Morgan fingerprint density at radius 1 is 1.13 bits per heavy atom. The number of nitrogens with zero attached hydrogens (tertiary/aromatic N) is 1. The fourth-order valence-corrected chi connectivity index (χ4v) is 3.18. The second-order valence-corrected chi connectivity index (χ2v) is 7.17. The molecule has 2 aromatic rings. The number of β-amino-alcohol motifs (C(OH)–C–C–N with tert-alkyl or cyclic N) is 1. The fraction of sp³-hybridized carbons (Fsp3) is 0.409. The van der Waals surface area contributed by atoms with Crippen LogP contribution in [0.2, 0.25) is 0 Å². The first kappa shape index (κ1) is 23.7. The van der Waals surface area contributed by atoms with Gasteiger partial charge in [-0.1, -0.05) is 19.9 Å². The summed E-state index contributed by atoms with van der Waals surface area (Å²) >= 11 is 0. The van der Waals surface area contributed by atoms with Gasteiger partial charge in [0.1, 0.15) is 11.4 Å². The number of likely N-dealkylation sites (tertiary alicyclic amines) is 1. The largest absolute Gasteiger partial charge is 0.385 e. The number of likely N-dealkylation sites (N-methyl/N-ethyl adjacent to an activating group) is 1. The van der Waals surface area contributed by atoms with Gasteiger partial charge in [-0.2, -0.15) is 0 Å². The summed E-state index contributed by atoms with van der Waals surface area (Å²) in [5.74, 6) is -3.66. The van der Waals surface area contributed by atoms with Gasteiger partial charge < -0.3 is 20.6 Å². The highest BCUT2D eigenvalue weighted by Gasteiger charge is 2.47. The Morgan fingerprint density at radius 2 is 1.77 bits per heavy atom. The molecule has 5 nitrogen and oxygen atoms in total. The smallest absolute Gasteiger partial charge is 0.256 e. The molecule has 1 amide bonds. The summed E-state index contributed by atoms with van der Waals surface area (Å²) in [6, 6.07) is 5.99. The molecule has 2 aromatic carbocycles. The predicted molar refractivity (Wildman–Crippen MR) is 112 cm³/mol. The highest BCUT2D eigenvalue weighted by Crippen LogP contribution is 2.32. The van der Waals surface area contributed by atoms with Crippen LogP contribution in [-0.4, -0.2) is 47.7 Å². The highest BCUT2D eigenvalue weighted by molar-refractivity contribution is 6.01. The maximum Gasteiger partial charge on any atom is 0.256 e. The Bertz CT molecular complexity index is 915. The molecule has 0 spiro atoms. The topological polar surface area (TPSA) is 64.6 Å². The van der Waals surface area contributed by atoms with Gasteiger partial charge in [0, 0.05) is 6.04 Å². The number of aliphatic hydroxyl groups is 1.